The minimum Gasteiger partial charge on any atom is -0.469 e. The van der Waals surface area contributed by atoms with E-state index in [1.165, 1.54) is 39.9 Å². The van der Waals surface area contributed by atoms with E-state index < -0.39 is 0 Å². The quantitative estimate of drug-likeness (QED) is 0.303. The number of carbonyl (C=O) groups excluding carboxylic acids is 2. The largest absolute Gasteiger partial charge is 0.469 e. The highest BCUT2D eigenvalue weighted by atomic mass is 79.9. The Kier molecular flexibility index (Phi) is 13.0. The molecular weight excluding hydrogens is 324 g/mol. The molecule has 118 valence electrons. The Balaban J connectivity index is 3.21. The summed E-state index contributed by atoms with van der Waals surface area (Å²) < 4.78 is 9.24. The van der Waals surface area contributed by atoms with Crippen molar-refractivity contribution in [3.8, 4) is 0 Å². The fourth-order valence-electron chi connectivity index (χ4n) is 2.00. The molecule has 0 N–H and O–H groups in total. The third-order valence-electron chi connectivity index (χ3n) is 3.27. The van der Waals surface area contributed by atoms with Gasteiger partial charge in [0.05, 0.1) is 14.2 Å². The molecule has 4 nitrogen and oxygen atoms in total. The zero-order valence-electron chi connectivity index (χ0n) is 12.7. The second-order valence-electron chi connectivity index (χ2n) is 4.93. The maximum Gasteiger partial charge on any atom is 0.319 e. The SMILES string of the molecule is COC(=O)CCCCCCCCCC[C@H](Br)C(=O)OC. The summed E-state index contributed by atoms with van der Waals surface area (Å²) in [6.45, 7) is 0. The number of hydrogen-bond donors (Lipinski definition) is 0. The minimum absolute atomic E-state index is 0.111. The third-order valence-corrected chi connectivity index (χ3v) is 4.10. The lowest BCUT2D eigenvalue weighted by atomic mass is 10.1. The number of rotatable bonds is 12. The highest BCUT2D eigenvalue weighted by Crippen LogP contribution is 2.15. The fourth-order valence-corrected chi connectivity index (χ4v) is 2.51. The summed E-state index contributed by atoms with van der Waals surface area (Å²) >= 11 is 3.32. The first-order valence-electron chi connectivity index (χ1n) is 7.40. The molecule has 0 aromatic rings. The van der Waals surface area contributed by atoms with E-state index in [9.17, 15) is 9.59 Å². The average Bonchev–Trinajstić information content (AvgIpc) is 2.47. The van der Waals surface area contributed by atoms with Crippen LogP contribution in [0.5, 0.6) is 0 Å². The van der Waals surface area contributed by atoms with Crippen LogP contribution in [0.3, 0.4) is 0 Å². The van der Waals surface area contributed by atoms with Crippen LogP contribution in [0.2, 0.25) is 0 Å². The first kappa shape index (κ1) is 19.4. The second-order valence-corrected chi connectivity index (χ2v) is 6.04. The van der Waals surface area contributed by atoms with E-state index in [-0.39, 0.29) is 16.8 Å². The monoisotopic (exact) mass is 350 g/mol. The minimum atomic E-state index is -0.185. The summed E-state index contributed by atoms with van der Waals surface area (Å²) in [5, 5.41) is 0. The number of hydrogen-bond acceptors (Lipinski definition) is 4. The van der Waals surface area contributed by atoms with Crippen LogP contribution >= 0.6 is 15.9 Å². The van der Waals surface area contributed by atoms with Gasteiger partial charge in [-0.1, -0.05) is 60.9 Å². The van der Waals surface area contributed by atoms with Crippen molar-refractivity contribution in [2.45, 2.75) is 69.0 Å². The molecule has 0 aliphatic rings. The van der Waals surface area contributed by atoms with Crippen LogP contribution in [0.1, 0.15) is 64.2 Å². The van der Waals surface area contributed by atoms with Crippen molar-refractivity contribution in [2.24, 2.45) is 0 Å². The molecular formula is C15H27BrO4. The number of methoxy groups -OCH3 is 2. The molecule has 0 saturated carbocycles. The summed E-state index contributed by atoms with van der Waals surface area (Å²) in [6, 6.07) is 0. The fraction of sp³-hybridized carbons (Fsp3) is 0.867. The van der Waals surface area contributed by atoms with Gasteiger partial charge in [0.25, 0.3) is 0 Å². The van der Waals surface area contributed by atoms with Gasteiger partial charge in [-0.2, -0.15) is 0 Å². The molecule has 20 heavy (non-hydrogen) atoms. The third kappa shape index (κ3) is 11.3. The zero-order chi connectivity index (χ0) is 15.2. The van der Waals surface area contributed by atoms with Crippen molar-refractivity contribution in [3.63, 3.8) is 0 Å². The van der Waals surface area contributed by atoms with Crippen LogP contribution in [0.15, 0.2) is 0 Å². The van der Waals surface area contributed by atoms with Crippen LogP contribution in [0, 0.1) is 0 Å². The van der Waals surface area contributed by atoms with Gasteiger partial charge in [0, 0.05) is 6.42 Å². The number of ether oxygens (including phenoxy) is 2. The van der Waals surface area contributed by atoms with E-state index in [0.717, 1.165) is 32.1 Å². The number of carbonyl (C=O) groups is 2. The lowest BCUT2D eigenvalue weighted by Crippen LogP contribution is -2.15. The Labute approximate surface area is 130 Å². The number of unbranched alkanes of at least 4 members (excludes halogenated alkanes) is 7. The highest BCUT2D eigenvalue weighted by molar-refractivity contribution is 9.10. The first-order valence-corrected chi connectivity index (χ1v) is 8.32. The van der Waals surface area contributed by atoms with E-state index in [4.69, 9.17) is 0 Å². The van der Waals surface area contributed by atoms with Crippen LogP contribution in [-0.4, -0.2) is 31.0 Å². The first-order chi connectivity index (χ1) is 9.61. The van der Waals surface area contributed by atoms with Crippen LogP contribution in [-0.2, 0) is 19.1 Å². The van der Waals surface area contributed by atoms with Crippen LogP contribution in [0.25, 0.3) is 0 Å². The summed E-state index contributed by atoms with van der Waals surface area (Å²) in [5.41, 5.74) is 0. The van der Waals surface area contributed by atoms with Gasteiger partial charge in [-0.05, 0) is 12.8 Å². The van der Waals surface area contributed by atoms with Crippen molar-refractivity contribution in [3.05, 3.63) is 0 Å². The lowest BCUT2D eigenvalue weighted by Gasteiger charge is -2.07. The van der Waals surface area contributed by atoms with Crippen molar-refractivity contribution in [2.75, 3.05) is 14.2 Å². The molecule has 0 unspecified atom stereocenters. The highest BCUT2D eigenvalue weighted by Gasteiger charge is 2.13. The molecule has 0 spiro atoms. The molecule has 0 bridgehead atoms. The summed E-state index contributed by atoms with van der Waals surface area (Å²) in [6.07, 6.45) is 10.4. The van der Waals surface area contributed by atoms with Crippen LogP contribution < -0.4 is 0 Å². The molecule has 0 radical (unpaired) electrons. The average molecular weight is 351 g/mol. The van der Waals surface area contributed by atoms with Gasteiger partial charge in [0.1, 0.15) is 4.83 Å². The van der Waals surface area contributed by atoms with Gasteiger partial charge in [0.15, 0.2) is 0 Å². The number of halogens is 1. The van der Waals surface area contributed by atoms with Gasteiger partial charge in [-0.3, -0.25) is 9.59 Å². The van der Waals surface area contributed by atoms with Crippen molar-refractivity contribution < 1.29 is 19.1 Å². The molecule has 0 fully saturated rings. The molecule has 0 saturated heterocycles. The summed E-state index contributed by atoms with van der Waals surface area (Å²) in [5.74, 6) is -0.296. The van der Waals surface area contributed by atoms with Gasteiger partial charge >= 0.3 is 11.9 Å². The van der Waals surface area contributed by atoms with Gasteiger partial charge < -0.3 is 9.47 Å². The number of alkyl halides is 1. The maximum atomic E-state index is 11.1. The molecule has 0 aromatic heterocycles. The standard InChI is InChI=1S/C15H27BrO4/c1-19-14(17)12-10-8-6-4-3-5-7-9-11-13(16)15(18)20-2/h13H,3-12H2,1-2H3/t13-/m0/s1. The van der Waals surface area contributed by atoms with Crippen molar-refractivity contribution in [1.29, 1.82) is 0 Å². The molecule has 0 heterocycles. The summed E-state index contributed by atoms with van der Waals surface area (Å²) in [7, 11) is 2.84. The molecule has 5 heteroatoms. The van der Waals surface area contributed by atoms with E-state index in [1.54, 1.807) is 0 Å². The Morgan fingerprint density at radius 2 is 1.35 bits per heavy atom. The summed E-state index contributed by atoms with van der Waals surface area (Å²) in [4.78, 5) is 21.9. The van der Waals surface area contributed by atoms with Gasteiger partial charge in [-0.15, -0.1) is 0 Å². The second kappa shape index (κ2) is 13.4. The Bertz CT molecular complexity index is 269. The Hall–Kier alpha value is -0.580. The molecule has 0 aromatic carbocycles. The van der Waals surface area contributed by atoms with E-state index in [0.29, 0.717) is 6.42 Å². The van der Waals surface area contributed by atoms with E-state index in [1.807, 2.05) is 0 Å². The van der Waals surface area contributed by atoms with Crippen LogP contribution in [0.4, 0.5) is 0 Å². The zero-order valence-corrected chi connectivity index (χ0v) is 14.2. The molecule has 0 amide bonds. The Morgan fingerprint density at radius 3 is 1.85 bits per heavy atom. The van der Waals surface area contributed by atoms with Crippen molar-refractivity contribution >= 4 is 27.9 Å². The van der Waals surface area contributed by atoms with Crippen molar-refractivity contribution in [1.82, 2.24) is 0 Å². The molecule has 0 rings (SSSR count). The maximum absolute atomic E-state index is 11.1. The van der Waals surface area contributed by atoms with Gasteiger partial charge in [0.2, 0.25) is 0 Å². The normalized spacial score (nSPS) is 11.9. The number of esters is 2. The van der Waals surface area contributed by atoms with Gasteiger partial charge in [-0.25, -0.2) is 0 Å². The Morgan fingerprint density at radius 1 is 0.850 bits per heavy atom. The molecule has 0 aliphatic heterocycles. The van der Waals surface area contributed by atoms with E-state index in [2.05, 4.69) is 25.4 Å². The smallest absolute Gasteiger partial charge is 0.319 e. The van der Waals surface area contributed by atoms with E-state index >= 15 is 0 Å². The lowest BCUT2D eigenvalue weighted by molar-refractivity contribution is -0.141. The molecule has 0 aliphatic carbocycles. The predicted octanol–water partition coefficient (Wildman–Crippen LogP) is 4.00. The molecule has 1 atom stereocenters. The topological polar surface area (TPSA) is 52.6 Å². The predicted molar refractivity (Wildman–Crippen MR) is 82.9 cm³/mol.